The van der Waals surface area contributed by atoms with E-state index in [2.05, 4.69) is 0 Å². The summed E-state index contributed by atoms with van der Waals surface area (Å²) < 4.78 is 0. The van der Waals surface area contributed by atoms with Crippen molar-refractivity contribution < 1.29 is 4.79 Å². The van der Waals surface area contributed by atoms with E-state index in [0.717, 1.165) is 24.7 Å². The highest BCUT2D eigenvalue weighted by Gasteiger charge is 1.99. The molecule has 0 N–H and O–H groups in total. The first-order valence-electron chi connectivity index (χ1n) is 5.07. The Bertz CT molecular complexity index is 248. The molecular weight excluding hydrogens is 172 g/mol. The zero-order valence-corrected chi connectivity index (χ0v) is 8.36. The molecule has 0 unspecified atom stereocenters. The molecule has 0 amide bonds. The summed E-state index contributed by atoms with van der Waals surface area (Å²) in [4.78, 5) is 10.1. The van der Waals surface area contributed by atoms with Crippen molar-refractivity contribution in [1.29, 1.82) is 0 Å². The van der Waals surface area contributed by atoms with Crippen LogP contribution in [0.2, 0.25) is 0 Å². The fourth-order valence-electron chi connectivity index (χ4n) is 1.35. The Morgan fingerprint density at radius 1 is 0.929 bits per heavy atom. The van der Waals surface area contributed by atoms with Gasteiger partial charge in [-0.15, -0.1) is 0 Å². The molecule has 0 fully saturated rings. The summed E-state index contributed by atoms with van der Waals surface area (Å²) >= 11 is 0. The van der Waals surface area contributed by atoms with Gasteiger partial charge >= 0.3 is 0 Å². The Morgan fingerprint density at radius 3 is 1.79 bits per heavy atom. The average molecular weight is 188 g/mol. The molecule has 0 heterocycles. The Balaban J connectivity index is 0.000000146. The maximum Gasteiger partial charge on any atom is 0.145 e. The number of rotatable bonds is 1. The second-order valence-corrected chi connectivity index (χ2v) is 3.30. The molecule has 0 bridgehead atoms. The van der Waals surface area contributed by atoms with Gasteiger partial charge in [-0.3, -0.25) is 4.79 Å². The number of carbonyl (C=O) groups excluding carboxylic acids is 1. The number of allylic oxidation sites excluding steroid dienone is 2. The molecule has 2 rings (SSSR count). The highest BCUT2D eigenvalue weighted by atomic mass is 16.1. The van der Waals surface area contributed by atoms with Gasteiger partial charge in [0, 0.05) is 0 Å². The van der Waals surface area contributed by atoms with Crippen LogP contribution >= 0.6 is 0 Å². The lowest BCUT2D eigenvalue weighted by Crippen LogP contribution is -1.91. The summed E-state index contributed by atoms with van der Waals surface area (Å²) in [5, 5.41) is 0. The van der Waals surface area contributed by atoms with Gasteiger partial charge in [-0.1, -0.05) is 42.5 Å². The largest absolute Gasteiger partial charge is 0.298 e. The van der Waals surface area contributed by atoms with E-state index in [9.17, 15) is 4.79 Å². The molecule has 1 aliphatic carbocycles. The van der Waals surface area contributed by atoms with Gasteiger partial charge in [0.2, 0.25) is 0 Å². The van der Waals surface area contributed by atoms with Crippen molar-refractivity contribution in [2.24, 2.45) is 0 Å². The number of hydrogen-bond donors (Lipinski definition) is 0. The van der Waals surface area contributed by atoms with Crippen molar-refractivity contribution >= 4 is 6.29 Å². The molecule has 1 aromatic carbocycles. The second kappa shape index (κ2) is 7.07. The fraction of sp³-hybridized carbons (Fsp3) is 0.308. The lowest BCUT2D eigenvalue weighted by Gasteiger charge is -2.04. The molecule has 74 valence electrons. The third kappa shape index (κ3) is 4.61. The molecule has 0 aliphatic heterocycles. The van der Waals surface area contributed by atoms with Crippen LogP contribution in [-0.4, -0.2) is 6.29 Å². The number of aldehydes is 1. The molecule has 14 heavy (non-hydrogen) atoms. The third-order valence-electron chi connectivity index (χ3n) is 2.14. The highest BCUT2D eigenvalue weighted by molar-refractivity contribution is 5.73. The molecule has 0 atom stereocenters. The van der Waals surface area contributed by atoms with Crippen molar-refractivity contribution in [3.05, 3.63) is 48.0 Å². The quantitative estimate of drug-likeness (QED) is 0.617. The number of carbonyl (C=O) groups is 1. The van der Waals surface area contributed by atoms with E-state index in [1.165, 1.54) is 12.8 Å². The van der Waals surface area contributed by atoms with Crippen molar-refractivity contribution in [3.63, 3.8) is 0 Å². The molecule has 1 nitrogen and oxygen atoms in total. The Morgan fingerprint density at radius 2 is 1.50 bits per heavy atom. The van der Waals surface area contributed by atoms with Crippen molar-refractivity contribution in [2.45, 2.75) is 25.7 Å². The van der Waals surface area contributed by atoms with Gasteiger partial charge in [-0.05, 0) is 31.3 Å². The maximum atomic E-state index is 10.1. The van der Waals surface area contributed by atoms with Crippen LogP contribution in [0, 0.1) is 0 Å². The van der Waals surface area contributed by atoms with Crippen LogP contribution in [-0.2, 0) is 4.79 Å². The Kier molecular flexibility index (Phi) is 5.41. The van der Waals surface area contributed by atoms with Gasteiger partial charge < -0.3 is 0 Å². The molecular formula is C13H16O. The average Bonchev–Trinajstić information content (AvgIpc) is 2.33. The molecule has 0 spiro atoms. The second-order valence-electron chi connectivity index (χ2n) is 3.30. The topological polar surface area (TPSA) is 17.1 Å². The standard InChI is InChI=1S/C7H10O.C6H6/c8-6-7-4-2-1-3-5-7;1-2-4-6-5-3-1/h4,6H,1-3,5H2;1-6H. The third-order valence-corrected chi connectivity index (χ3v) is 2.14. The zero-order chi connectivity index (χ0) is 10.1. The number of benzene rings is 1. The molecule has 0 aromatic heterocycles. The van der Waals surface area contributed by atoms with Gasteiger partial charge in [0.05, 0.1) is 0 Å². The molecule has 0 radical (unpaired) electrons. The van der Waals surface area contributed by atoms with E-state index >= 15 is 0 Å². The minimum absolute atomic E-state index is 0.971. The lowest BCUT2D eigenvalue weighted by molar-refractivity contribution is -0.105. The summed E-state index contributed by atoms with van der Waals surface area (Å²) in [7, 11) is 0. The highest BCUT2D eigenvalue weighted by Crippen LogP contribution is 2.14. The van der Waals surface area contributed by atoms with Crippen LogP contribution in [0.25, 0.3) is 0 Å². The summed E-state index contributed by atoms with van der Waals surface area (Å²) in [6.45, 7) is 0. The van der Waals surface area contributed by atoms with Crippen LogP contribution in [0.5, 0.6) is 0 Å². The summed E-state index contributed by atoms with van der Waals surface area (Å²) in [6, 6.07) is 12.0. The van der Waals surface area contributed by atoms with Gasteiger partial charge in [0.25, 0.3) is 0 Å². The van der Waals surface area contributed by atoms with E-state index in [-0.39, 0.29) is 0 Å². The normalized spacial score (nSPS) is 14.7. The molecule has 0 saturated carbocycles. The molecule has 1 aromatic rings. The molecule has 1 heteroatoms. The SMILES string of the molecule is O=CC1=CCCCC1.c1ccccc1. The first-order valence-corrected chi connectivity index (χ1v) is 5.07. The summed E-state index contributed by atoms with van der Waals surface area (Å²) in [5.74, 6) is 0. The molecule has 1 aliphatic rings. The Labute approximate surface area is 85.5 Å². The van der Waals surface area contributed by atoms with Gasteiger partial charge in [0.15, 0.2) is 0 Å². The van der Waals surface area contributed by atoms with E-state index in [1.54, 1.807) is 0 Å². The van der Waals surface area contributed by atoms with Crippen LogP contribution in [0.4, 0.5) is 0 Å². The smallest absolute Gasteiger partial charge is 0.145 e. The van der Waals surface area contributed by atoms with Crippen LogP contribution in [0.1, 0.15) is 25.7 Å². The maximum absolute atomic E-state index is 10.1. The van der Waals surface area contributed by atoms with Gasteiger partial charge in [0.1, 0.15) is 6.29 Å². The van der Waals surface area contributed by atoms with E-state index < -0.39 is 0 Å². The predicted octanol–water partition coefficient (Wildman–Crippen LogP) is 3.37. The van der Waals surface area contributed by atoms with E-state index in [4.69, 9.17) is 0 Å². The van der Waals surface area contributed by atoms with Crippen LogP contribution < -0.4 is 0 Å². The van der Waals surface area contributed by atoms with E-state index in [1.807, 2.05) is 42.5 Å². The van der Waals surface area contributed by atoms with Crippen molar-refractivity contribution in [2.75, 3.05) is 0 Å². The molecule has 0 saturated heterocycles. The summed E-state index contributed by atoms with van der Waals surface area (Å²) in [6.07, 6.45) is 7.58. The van der Waals surface area contributed by atoms with Crippen molar-refractivity contribution in [1.82, 2.24) is 0 Å². The monoisotopic (exact) mass is 188 g/mol. The first-order chi connectivity index (χ1) is 6.93. The minimum atomic E-state index is 0.971. The minimum Gasteiger partial charge on any atom is -0.298 e. The lowest BCUT2D eigenvalue weighted by atomic mass is 10.0. The Hall–Kier alpha value is -1.37. The number of hydrogen-bond acceptors (Lipinski definition) is 1. The van der Waals surface area contributed by atoms with E-state index in [0.29, 0.717) is 0 Å². The predicted molar refractivity (Wildman–Crippen MR) is 59.1 cm³/mol. The summed E-state index contributed by atoms with van der Waals surface area (Å²) in [5.41, 5.74) is 0.997. The van der Waals surface area contributed by atoms with Gasteiger partial charge in [-0.2, -0.15) is 0 Å². The zero-order valence-electron chi connectivity index (χ0n) is 8.36. The first kappa shape index (κ1) is 10.7. The van der Waals surface area contributed by atoms with Gasteiger partial charge in [-0.25, -0.2) is 0 Å². The fourth-order valence-corrected chi connectivity index (χ4v) is 1.35. The van der Waals surface area contributed by atoms with Crippen LogP contribution in [0.15, 0.2) is 48.0 Å². The van der Waals surface area contributed by atoms with Crippen molar-refractivity contribution in [3.8, 4) is 0 Å². The van der Waals surface area contributed by atoms with Crippen LogP contribution in [0.3, 0.4) is 0 Å².